The van der Waals surface area contributed by atoms with Gasteiger partial charge in [0.1, 0.15) is 12.1 Å². The van der Waals surface area contributed by atoms with Crippen molar-refractivity contribution >= 4 is 29.3 Å². The molecule has 10 heteroatoms. The Kier molecular flexibility index (Phi) is 8.50. The van der Waals surface area contributed by atoms with Crippen LogP contribution in [0.4, 0.5) is 10.5 Å². The van der Waals surface area contributed by atoms with Crippen LogP contribution in [0, 0.1) is 5.92 Å². The fourth-order valence-corrected chi connectivity index (χ4v) is 3.34. The van der Waals surface area contributed by atoms with Crippen molar-refractivity contribution in [3.63, 3.8) is 0 Å². The number of ketones is 1. The molecule has 0 bridgehead atoms. The number of carbonyl (C=O) groups excluding carboxylic acids is 4. The predicted octanol–water partition coefficient (Wildman–Crippen LogP) is 0.447. The lowest BCUT2D eigenvalue weighted by molar-refractivity contribution is -0.126. The van der Waals surface area contributed by atoms with Crippen LogP contribution in [-0.4, -0.2) is 58.1 Å². The van der Waals surface area contributed by atoms with Gasteiger partial charge in [0.15, 0.2) is 5.78 Å². The minimum absolute atomic E-state index is 0.108. The van der Waals surface area contributed by atoms with Crippen molar-refractivity contribution < 1.29 is 29.4 Å². The van der Waals surface area contributed by atoms with Gasteiger partial charge in [0.25, 0.3) is 0 Å². The summed E-state index contributed by atoms with van der Waals surface area (Å²) in [5.41, 5.74) is 6.39. The van der Waals surface area contributed by atoms with E-state index in [1.807, 2.05) is 13.8 Å². The molecule has 1 aromatic rings. The Morgan fingerprint density at radius 3 is 2.28 bits per heavy atom. The normalized spacial score (nSPS) is 21.3. The molecule has 1 aliphatic rings. The second-order valence-electron chi connectivity index (χ2n) is 8.27. The molecular weight excluding hydrogens is 416 g/mol. The van der Waals surface area contributed by atoms with Gasteiger partial charge in [-0.1, -0.05) is 19.9 Å². The van der Waals surface area contributed by atoms with E-state index >= 15 is 0 Å². The van der Waals surface area contributed by atoms with Gasteiger partial charge < -0.3 is 31.9 Å². The summed E-state index contributed by atoms with van der Waals surface area (Å²) in [5.74, 6) is -1.27. The molecule has 174 valence electrons. The molecule has 0 radical (unpaired) electrons. The molecule has 7 N–H and O–H groups in total. The smallest absolute Gasteiger partial charge is 0.319 e. The number of Topliss-reactive ketones (excluding diaryl/α,β-unsaturated/α-hetero) is 1. The van der Waals surface area contributed by atoms with Crippen LogP contribution in [0.25, 0.3) is 0 Å². The van der Waals surface area contributed by atoms with Crippen molar-refractivity contribution in [3.8, 4) is 0 Å². The number of anilines is 1. The third kappa shape index (κ3) is 6.89. The number of nitrogens with two attached hydrogens (primary N) is 1. The zero-order valence-corrected chi connectivity index (χ0v) is 18.3. The maximum absolute atomic E-state index is 12.6. The zero-order chi connectivity index (χ0) is 24.0. The first-order chi connectivity index (χ1) is 15.0. The molecule has 4 atom stereocenters. The largest absolute Gasteiger partial charge is 0.390 e. The van der Waals surface area contributed by atoms with E-state index in [0.717, 1.165) is 0 Å². The number of aliphatic hydroxyl groups is 2. The van der Waals surface area contributed by atoms with E-state index in [-0.39, 0.29) is 23.7 Å². The maximum Gasteiger partial charge on any atom is 0.319 e. The van der Waals surface area contributed by atoms with E-state index in [4.69, 9.17) is 5.73 Å². The molecule has 1 aliphatic carbocycles. The molecule has 32 heavy (non-hydrogen) atoms. The summed E-state index contributed by atoms with van der Waals surface area (Å²) >= 11 is 0. The van der Waals surface area contributed by atoms with E-state index < -0.39 is 42.1 Å². The monoisotopic (exact) mass is 446 g/mol. The van der Waals surface area contributed by atoms with Crippen molar-refractivity contribution in [3.05, 3.63) is 41.5 Å². The number of urea groups is 1. The number of hydrogen-bond acceptors (Lipinski definition) is 6. The molecule has 0 heterocycles. The molecule has 2 rings (SSSR count). The minimum atomic E-state index is -1.33. The van der Waals surface area contributed by atoms with Crippen molar-refractivity contribution in [2.24, 2.45) is 11.7 Å². The van der Waals surface area contributed by atoms with Crippen molar-refractivity contribution in [1.29, 1.82) is 0 Å². The van der Waals surface area contributed by atoms with E-state index in [1.165, 1.54) is 13.0 Å². The Hall–Kier alpha value is -3.24. The molecule has 0 aromatic heterocycles. The van der Waals surface area contributed by atoms with Crippen molar-refractivity contribution in [1.82, 2.24) is 10.6 Å². The summed E-state index contributed by atoms with van der Waals surface area (Å²) in [4.78, 5) is 47.9. The Bertz CT molecular complexity index is 896. The maximum atomic E-state index is 12.6. The highest BCUT2D eigenvalue weighted by Crippen LogP contribution is 2.21. The van der Waals surface area contributed by atoms with Crippen LogP contribution in [0.1, 0.15) is 44.0 Å². The van der Waals surface area contributed by atoms with Gasteiger partial charge in [0.05, 0.1) is 12.1 Å². The quantitative estimate of drug-likeness (QED) is 0.317. The van der Waals surface area contributed by atoms with Crippen LogP contribution in [0.15, 0.2) is 35.9 Å². The van der Waals surface area contributed by atoms with Gasteiger partial charge in [-0.3, -0.25) is 14.4 Å². The number of rotatable bonds is 8. The first kappa shape index (κ1) is 25.0. The Balaban J connectivity index is 2.08. The lowest BCUT2D eigenvalue weighted by atomic mass is 9.89. The first-order valence-corrected chi connectivity index (χ1v) is 10.3. The second-order valence-corrected chi connectivity index (χ2v) is 8.27. The van der Waals surface area contributed by atoms with Crippen LogP contribution in [0.5, 0.6) is 0 Å². The average molecular weight is 447 g/mol. The summed E-state index contributed by atoms with van der Waals surface area (Å²) in [6.07, 6.45) is -1.07. The van der Waals surface area contributed by atoms with Crippen LogP contribution in [0.2, 0.25) is 0 Å². The molecular formula is C22H30N4O6. The number of nitrogens with one attached hydrogen (secondary N) is 3. The fraction of sp³-hybridized carbons (Fsp3) is 0.455. The van der Waals surface area contributed by atoms with Crippen LogP contribution >= 0.6 is 0 Å². The van der Waals surface area contributed by atoms with E-state index in [1.54, 1.807) is 24.3 Å². The summed E-state index contributed by atoms with van der Waals surface area (Å²) in [7, 11) is 0. The van der Waals surface area contributed by atoms with E-state index in [2.05, 4.69) is 16.0 Å². The molecule has 0 unspecified atom stereocenters. The van der Waals surface area contributed by atoms with Crippen molar-refractivity contribution in [2.75, 3.05) is 5.32 Å². The third-order valence-electron chi connectivity index (χ3n) is 5.07. The van der Waals surface area contributed by atoms with E-state index in [0.29, 0.717) is 17.7 Å². The van der Waals surface area contributed by atoms with Gasteiger partial charge >= 0.3 is 6.03 Å². The molecule has 0 aliphatic heterocycles. The van der Waals surface area contributed by atoms with E-state index in [9.17, 15) is 29.4 Å². The van der Waals surface area contributed by atoms with Gasteiger partial charge in [-0.2, -0.15) is 0 Å². The average Bonchev–Trinajstić information content (AvgIpc) is 2.70. The van der Waals surface area contributed by atoms with Gasteiger partial charge in [-0.25, -0.2) is 4.79 Å². The molecule has 1 aromatic carbocycles. The topological polar surface area (TPSA) is 171 Å². The molecule has 0 fully saturated rings. The molecule has 10 nitrogen and oxygen atoms in total. The summed E-state index contributed by atoms with van der Waals surface area (Å²) < 4.78 is 0. The van der Waals surface area contributed by atoms with Crippen LogP contribution in [-0.2, 0) is 9.59 Å². The van der Waals surface area contributed by atoms with Crippen LogP contribution in [0.3, 0.4) is 0 Å². The molecule has 4 amide bonds. The Morgan fingerprint density at radius 1 is 1.12 bits per heavy atom. The van der Waals surface area contributed by atoms with Gasteiger partial charge in [-0.15, -0.1) is 0 Å². The zero-order valence-electron chi connectivity index (χ0n) is 18.3. The van der Waals surface area contributed by atoms with Gasteiger partial charge in [0, 0.05) is 23.2 Å². The number of benzene rings is 1. The van der Waals surface area contributed by atoms with Gasteiger partial charge in [-0.05, 0) is 43.5 Å². The molecule has 0 spiro atoms. The van der Waals surface area contributed by atoms with Gasteiger partial charge in [0.2, 0.25) is 11.8 Å². The highest BCUT2D eigenvalue weighted by Gasteiger charge is 2.34. The highest BCUT2D eigenvalue weighted by molar-refractivity contribution is 5.97. The minimum Gasteiger partial charge on any atom is -0.390 e. The summed E-state index contributed by atoms with van der Waals surface area (Å²) in [5, 5.41) is 28.0. The lowest BCUT2D eigenvalue weighted by Gasteiger charge is -2.31. The summed E-state index contributed by atoms with van der Waals surface area (Å²) in [6, 6.07) is 3.63. The number of primary amides is 1. The highest BCUT2D eigenvalue weighted by atomic mass is 16.3. The van der Waals surface area contributed by atoms with Crippen LogP contribution < -0.4 is 21.7 Å². The molecule has 0 saturated carbocycles. The SMILES string of the molecule is CC(=O)c1ccc(NC(=O)N[C@@H]2C=C(C(=O)N[C@H](CC(C)C)C(N)=O)C[C@@H](O)[C@@H]2O)cc1. The second kappa shape index (κ2) is 10.9. The predicted molar refractivity (Wildman–Crippen MR) is 118 cm³/mol. The third-order valence-corrected chi connectivity index (χ3v) is 5.07. The summed E-state index contributed by atoms with van der Waals surface area (Å²) in [6.45, 7) is 5.20. The number of amides is 4. The Morgan fingerprint density at radius 2 is 1.75 bits per heavy atom. The number of aliphatic hydroxyl groups excluding tert-OH is 2. The number of carbonyl (C=O) groups is 4. The molecule has 0 saturated heterocycles. The fourth-order valence-electron chi connectivity index (χ4n) is 3.34. The Labute approximate surface area is 186 Å². The van der Waals surface area contributed by atoms with Crippen molar-refractivity contribution in [2.45, 2.75) is 57.9 Å². The number of hydrogen-bond donors (Lipinski definition) is 6. The lowest BCUT2D eigenvalue weighted by Crippen LogP contribution is -2.53. The first-order valence-electron chi connectivity index (χ1n) is 10.3. The standard InChI is InChI=1S/C22H30N4O6/c1-11(2)8-17(20(23)30)25-21(31)14-9-16(19(29)18(28)10-14)26-22(32)24-15-6-4-13(5-7-15)12(3)27/h4-7,9,11,16-19,28-29H,8,10H2,1-3H3,(H2,23,30)(H,25,31)(H2,24,26,32)/t16-,17-,18-,19-/m1/s1.